The molecule has 4 rings (SSSR count). The van der Waals surface area contributed by atoms with Crippen LogP contribution in [0.4, 0.5) is 0 Å². The summed E-state index contributed by atoms with van der Waals surface area (Å²) in [5.41, 5.74) is 2.49. The molecule has 0 saturated carbocycles. The predicted octanol–water partition coefficient (Wildman–Crippen LogP) is 4.82. The number of rotatable bonds is 3. The largest absolute Gasteiger partial charge is 0.328 e. The molecule has 2 aromatic carbocycles. The lowest BCUT2D eigenvalue weighted by Crippen LogP contribution is -2.02. The Balaban J connectivity index is 1.93. The Hall–Kier alpha value is -2.46. The molecule has 0 saturated heterocycles. The van der Waals surface area contributed by atoms with E-state index in [1.165, 1.54) is 26.3 Å². The summed E-state index contributed by atoms with van der Waals surface area (Å²) in [6.07, 6.45) is 3.81. The van der Waals surface area contributed by atoms with E-state index in [0.717, 1.165) is 5.82 Å². The second-order valence-corrected chi connectivity index (χ2v) is 6.68. The van der Waals surface area contributed by atoms with E-state index in [-0.39, 0.29) is 0 Å². The SMILES string of the molecule is Cc1ccc(Sc2c(-n3cccn3)n(C)c3ccccc23)cc1. The Morgan fingerprint density at radius 1 is 0.957 bits per heavy atom. The molecule has 0 fully saturated rings. The maximum Gasteiger partial charge on any atom is 0.149 e. The number of hydrogen-bond acceptors (Lipinski definition) is 2. The van der Waals surface area contributed by atoms with Gasteiger partial charge in [-0.25, -0.2) is 4.68 Å². The van der Waals surface area contributed by atoms with Crippen molar-refractivity contribution >= 4 is 22.7 Å². The van der Waals surface area contributed by atoms with Gasteiger partial charge in [0.1, 0.15) is 5.82 Å². The van der Waals surface area contributed by atoms with Crippen molar-refractivity contribution in [1.29, 1.82) is 0 Å². The van der Waals surface area contributed by atoms with Crippen molar-refractivity contribution in [2.75, 3.05) is 0 Å². The van der Waals surface area contributed by atoms with Crippen molar-refractivity contribution in [3.8, 4) is 5.82 Å². The Morgan fingerprint density at radius 3 is 2.48 bits per heavy atom. The van der Waals surface area contributed by atoms with Crippen LogP contribution in [-0.2, 0) is 7.05 Å². The Labute approximate surface area is 139 Å². The number of hydrogen-bond donors (Lipinski definition) is 0. The summed E-state index contributed by atoms with van der Waals surface area (Å²) >= 11 is 1.79. The molecule has 2 heterocycles. The summed E-state index contributed by atoms with van der Waals surface area (Å²) in [7, 11) is 2.10. The molecule has 114 valence electrons. The van der Waals surface area contributed by atoms with Gasteiger partial charge in [0.05, 0.1) is 10.4 Å². The maximum atomic E-state index is 4.44. The highest BCUT2D eigenvalue weighted by atomic mass is 32.2. The van der Waals surface area contributed by atoms with Crippen molar-refractivity contribution in [3.63, 3.8) is 0 Å². The van der Waals surface area contributed by atoms with Crippen LogP contribution in [0.5, 0.6) is 0 Å². The first-order valence-corrected chi connectivity index (χ1v) is 8.37. The van der Waals surface area contributed by atoms with Gasteiger partial charge >= 0.3 is 0 Å². The van der Waals surface area contributed by atoms with E-state index in [9.17, 15) is 0 Å². The molecule has 0 amide bonds. The second kappa shape index (κ2) is 5.63. The molecule has 3 nitrogen and oxygen atoms in total. The highest BCUT2D eigenvalue weighted by Crippen LogP contribution is 2.39. The third-order valence-electron chi connectivity index (χ3n) is 3.99. The van der Waals surface area contributed by atoms with Gasteiger partial charge in [0.25, 0.3) is 0 Å². The molecule has 0 radical (unpaired) electrons. The highest BCUT2D eigenvalue weighted by Gasteiger charge is 2.17. The molecular formula is C19H17N3S. The molecule has 0 aliphatic heterocycles. The van der Waals surface area contributed by atoms with Crippen LogP contribution in [0.1, 0.15) is 5.56 Å². The predicted molar refractivity (Wildman–Crippen MR) is 95.3 cm³/mol. The van der Waals surface area contributed by atoms with Crippen molar-refractivity contribution in [2.45, 2.75) is 16.7 Å². The molecule has 23 heavy (non-hydrogen) atoms. The van der Waals surface area contributed by atoms with Crippen LogP contribution < -0.4 is 0 Å². The van der Waals surface area contributed by atoms with Crippen LogP contribution in [0, 0.1) is 6.92 Å². The smallest absolute Gasteiger partial charge is 0.149 e. The molecule has 2 aromatic heterocycles. The number of benzene rings is 2. The van der Waals surface area contributed by atoms with E-state index in [4.69, 9.17) is 0 Å². The van der Waals surface area contributed by atoms with Gasteiger partial charge in [0.2, 0.25) is 0 Å². The summed E-state index contributed by atoms with van der Waals surface area (Å²) in [6.45, 7) is 2.11. The van der Waals surface area contributed by atoms with E-state index >= 15 is 0 Å². The van der Waals surface area contributed by atoms with Crippen molar-refractivity contribution in [2.24, 2.45) is 7.05 Å². The lowest BCUT2D eigenvalue weighted by Gasteiger charge is -2.08. The zero-order valence-corrected chi connectivity index (χ0v) is 13.9. The van der Waals surface area contributed by atoms with Gasteiger partial charge in [0.15, 0.2) is 0 Å². The molecule has 0 aliphatic carbocycles. The lowest BCUT2D eigenvalue weighted by molar-refractivity contribution is 0.772. The van der Waals surface area contributed by atoms with Crippen LogP contribution in [-0.4, -0.2) is 14.3 Å². The molecule has 0 bridgehead atoms. The zero-order valence-electron chi connectivity index (χ0n) is 13.1. The molecule has 4 heteroatoms. The highest BCUT2D eigenvalue weighted by molar-refractivity contribution is 7.99. The molecule has 0 atom stereocenters. The Kier molecular flexibility index (Phi) is 3.46. The third-order valence-corrected chi connectivity index (χ3v) is 5.11. The maximum absolute atomic E-state index is 4.44. The molecule has 4 aromatic rings. The van der Waals surface area contributed by atoms with Gasteiger partial charge in [-0.05, 0) is 31.2 Å². The standard InChI is InChI=1S/C19H17N3S/c1-14-8-10-15(11-9-14)23-18-16-6-3-4-7-17(16)21(2)19(18)22-13-5-12-20-22/h3-13H,1-2H3. The fraction of sp³-hybridized carbons (Fsp3) is 0.105. The van der Waals surface area contributed by atoms with Gasteiger partial charge in [-0.15, -0.1) is 0 Å². The first-order valence-electron chi connectivity index (χ1n) is 7.56. The normalized spacial score (nSPS) is 11.2. The topological polar surface area (TPSA) is 22.8 Å². The number of fused-ring (bicyclic) bond motifs is 1. The van der Waals surface area contributed by atoms with E-state index in [1.807, 2.05) is 23.1 Å². The minimum atomic E-state index is 1.10. The van der Waals surface area contributed by atoms with Crippen molar-refractivity contribution in [1.82, 2.24) is 14.3 Å². The summed E-state index contributed by atoms with van der Waals surface area (Å²) in [5, 5.41) is 5.70. The summed E-state index contributed by atoms with van der Waals surface area (Å²) < 4.78 is 4.15. The van der Waals surface area contributed by atoms with Crippen LogP contribution in [0.2, 0.25) is 0 Å². The minimum absolute atomic E-state index is 1.10. The first kappa shape index (κ1) is 14.2. The molecular weight excluding hydrogens is 302 g/mol. The Morgan fingerprint density at radius 2 is 1.74 bits per heavy atom. The van der Waals surface area contributed by atoms with Gasteiger partial charge < -0.3 is 4.57 Å². The van der Waals surface area contributed by atoms with Gasteiger partial charge in [-0.1, -0.05) is 47.7 Å². The van der Waals surface area contributed by atoms with Crippen LogP contribution in [0.25, 0.3) is 16.7 Å². The first-order chi connectivity index (χ1) is 11.2. The monoisotopic (exact) mass is 319 g/mol. The van der Waals surface area contributed by atoms with Crippen molar-refractivity contribution in [3.05, 3.63) is 72.6 Å². The number of aryl methyl sites for hydroxylation is 2. The number of aromatic nitrogens is 3. The van der Waals surface area contributed by atoms with Crippen LogP contribution in [0.15, 0.2) is 76.8 Å². The van der Waals surface area contributed by atoms with E-state index < -0.39 is 0 Å². The minimum Gasteiger partial charge on any atom is -0.328 e. The quantitative estimate of drug-likeness (QED) is 0.540. The van der Waals surface area contributed by atoms with Gasteiger partial charge in [0, 0.05) is 29.7 Å². The van der Waals surface area contributed by atoms with Crippen molar-refractivity contribution < 1.29 is 0 Å². The lowest BCUT2D eigenvalue weighted by atomic mass is 10.2. The molecule has 0 N–H and O–H groups in total. The number of para-hydroxylation sites is 1. The van der Waals surface area contributed by atoms with E-state index in [1.54, 1.807) is 11.8 Å². The van der Waals surface area contributed by atoms with E-state index in [0.29, 0.717) is 0 Å². The number of nitrogens with zero attached hydrogens (tertiary/aromatic N) is 3. The average molecular weight is 319 g/mol. The van der Waals surface area contributed by atoms with Gasteiger partial charge in [-0.3, -0.25) is 0 Å². The van der Waals surface area contributed by atoms with E-state index in [2.05, 4.69) is 72.2 Å². The van der Waals surface area contributed by atoms with Crippen LogP contribution in [0.3, 0.4) is 0 Å². The third kappa shape index (κ3) is 2.45. The Bertz CT molecular complexity index is 950. The molecule has 0 unspecified atom stereocenters. The van der Waals surface area contributed by atoms with Crippen LogP contribution >= 0.6 is 11.8 Å². The zero-order chi connectivity index (χ0) is 15.8. The molecule has 0 aliphatic rings. The summed E-state index contributed by atoms with van der Waals surface area (Å²) in [5.74, 6) is 1.10. The average Bonchev–Trinajstić information content (AvgIpc) is 3.18. The fourth-order valence-electron chi connectivity index (χ4n) is 2.82. The summed E-state index contributed by atoms with van der Waals surface area (Å²) in [6, 6.07) is 19.1. The molecule has 0 spiro atoms. The second-order valence-electron chi connectivity index (χ2n) is 5.59. The fourth-order valence-corrected chi connectivity index (χ4v) is 3.93. The summed E-state index contributed by atoms with van der Waals surface area (Å²) in [4.78, 5) is 2.47. The van der Waals surface area contributed by atoms with Gasteiger partial charge in [-0.2, -0.15) is 5.10 Å².